The van der Waals surface area contributed by atoms with Crippen LogP contribution in [0.1, 0.15) is 31.4 Å². The van der Waals surface area contributed by atoms with Gasteiger partial charge in [-0.05, 0) is 55.4 Å². The molecule has 94 valence electrons. The number of hydrogen-bond donors (Lipinski definition) is 1. The summed E-state index contributed by atoms with van der Waals surface area (Å²) in [6.07, 6.45) is 1.35. The van der Waals surface area contributed by atoms with E-state index in [0.29, 0.717) is 0 Å². The van der Waals surface area contributed by atoms with Crippen molar-refractivity contribution in [2.75, 3.05) is 23.7 Å². The third-order valence-electron chi connectivity index (χ3n) is 3.70. The molecule has 1 aromatic rings. The summed E-state index contributed by atoms with van der Waals surface area (Å²) in [7, 11) is 0. The van der Waals surface area contributed by atoms with Crippen molar-refractivity contribution in [1.82, 2.24) is 0 Å². The van der Waals surface area contributed by atoms with E-state index in [1.165, 1.54) is 36.3 Å². The van der Waals surface area contributed by atoms with Crippen LogP contribution in [0.2, 0.25) is 0 Å². The molecular weight excluding hydrogens is 208 g/mol. The molecule has 1 aromatic carbocycles. The van der Waals surface area contributed by atoms with Crippen LogP contribution in [0.3, 0.4) is 0 Å². The van der Waals surface area contributed by atoms with Gasteiger partial charge in [-0.2, -0.15) is 0 Å². The molecule has 1 saturated heterocycles. The van der Waals surface area contributed by atoms with Crippen molar-refractivity contribution in [2.45, 2.75) is 34.1 Å². The Bertz CT molecular complexity index is 378. The Morgan fingerprint density at radius 2 is 1.53 bits per heavy atom. The topological polar surface area (TPSA) is 29.3 Å². The van der Waals surface area contributed by atoms with Crippen LogP contribution in [0.4, 0.5) is 11.4 Å². The molecule has 0 aliphatic carbocycles. The van der Waals surface area contributed by atoms with Gasteiger partial charge in [-0.3, -0.25) is 0 Å². The number of piperidine rings is 1. The lowest BCUT2D eigenvalue weighted by atomic mass is 9.90. The smallest absolute Gasteiger partial charge is 0.0427 e. The molecule has 2 unspecified atom stereocenters. The van der Waals surface area contributed by atoms with Crippen LogP contribution in [0, 0.1) is 25.7 Å². The Morgan fingerprint density at radius 1 is 1.06 bits per heavy atom. The van der Waals surface area contributed by atoms with Gasteiger partial charge in [-0.1, -0.05) is 13.8 Å². The van der Waals surface area contributed by atoms with Crippen molar-refractivity contribution in [1.29, 1.82) is 0 Å². The van der Waals surface area contributed by atoms with Gasteiger partial charge in [0, 0.05) is 24.5 Å². The summed E-state index contributed by atoms with van der Waals surface area (Å²) in [5, 5.41) is 0. The molecule has 0 spiro atoms. The molecule has 0 aromatic heterocycles. The zero-order chi connectivity index (χ0) is 12.6. The van der Waals surface area contributed by atoms with Gasteiger partial charge in [-0.15, -0.1) is 0 Å². The third kappa shape index (κ3) is 2.56. The van der Waals surface area contributed by atoms with E-state index in [4.69, 9.17) is 5.73 Å². The molecule has 1 aliphatic heterocycles. The van der Waals surface area contributed by atoms with Gasteiger partial charge in [-0.25, -0.2) is 0 Å². The summed E-state index contributed by atoms with van der Waals surface area (Å²) in [6, 6.07) is 4.18. The summed E-state index contributed by atoms with van der Waals surface area (Å²) < 4.78 is 0. The monoisotopic (exact) mass is 232 g/mol. The second-order valence-corrected chi connectivity index (χ2v) is 5.85. The first-order valence-electron chi connectivity index (χ1n) is 6.59. The third-order valence-corrected chi connectivity index (χ3v) is 3.70. The Morgan fingerprint density at radius 3 is 2.00 bits per heavy atom. The molecule has 17 heavy (non-hydrogen) atoms. The summed E-state index contributed by atoms with van der Waals surface area (Å²) >= 11 is 0. The highest BCUT2D eigenvalue weighted by molar-refractivity contribution is 5.64. The van der Waals surface area contributed by atoms with Crippen molar-refractivity contribution in [3.05, 3.63) is 23.3 Å². The van der Waals surface area contributed by atoms with Crippen LogP contribution < -0.4 is 10.6 Å². The van der Waals surface area contributed by atoms with E-state index in [0.717, 1.165) is 17.5 Å². The average Bonchev–Trinajstić information content (AvgIpc) is 2.13. The first kappa shape index (κ1) is 12.3. The molecular formula is C15H24N2. The number of benzene rings is 1. The lowest BCUT2D eigenvalue weighted by molar-refractivity contribution is 0.356. The summed E-state index contributed by atoms with van der Waals surface area (Å²) in [5.74, 6) is 1.57. The minimum absolute atomic E-state index is 0.787. The molecule has 2 heteroatoms. The molecule has 1 aliphatic rings. The Balaban J connectivity index is 2.33. The number of nitrogens with zero attached hydrogens (tertiary/aromatic N) is 1. The molecule has 0 amide bonds. The quantitative estimate of drug-likeness (QED) is 0.752. The summed E-state index contributed by atoms with van der Waals surface area (Å²) in [6.45, 7) is 11.4. The first-order valence-corrected chi connectivity index (χ1v) is 6.59. The molecule has 2 rings (SSSR count). The minimum Gasteiger partial charge on any atom is -0.399 e. The van der Waals surface area contributed by atoms with Crippen molar-refractivity contribution < 1.29 is 0 Å². The maximum Gasteiger partial charge on any atom is 0.0427 e. The zero-order valence-corrected chi connectivity index (χ0v) is 11.5. The van der Waals surface area contributed by atoms with Gasteiger partial charge < -0.3 is 10.6 Å². The molecule has 0 saturated carbocycles. The lowest BCUT2D eigenvalue weighted by Crippen LogP contribution is -2.39. The number of nitrogens with two attached hydrogens (primary N) is 1. The van der Waals surface area contributed by atoms with Crippen molar-refractivity contribution in [3.63, 3.8) is 0 Å². The second-order valence-electron chi connectivity index (χ2n) is 5.85. The second kappa shape index (κ2) is 4.59. The SMILES string of the molecule is Cc1cc(N)cc(C)c1N1CC(C)CC(C)C1. The number of nitrogen functional groups attached to an aromatic ring is 1. The number of anilines is 2. The van der Waals surface area contributed by atoms with Gasteiger partial charge >= 0.3 is 0 Å². The Labute approximate surface area is 105 Å². The van der Waals surface area contributed by atoms with Crippen LogP contribution in [0.15, 0.2) is 12.1 Å². The molecule has 0 radical (unpaired) electrons. The average molecular weight is 232 g/mol. The zero-order valence-electron chi connectivity index (χ0n) is 11.5. The highest BCUT2D eigenvalue weighted by Gasteiger charge is 2.23. The maximum atomic E-state index is 5.89. The fourth-order valence-corrected chi connectivity index (χ4v) is 3.33. The predicted molar refractivity (Wildman–Crippen MR) is 75.5 cm³/mol. The largest absolute Gasteiger partial charge is 0.399 e. The molecule has 2 N–H and O–H groups in total. The van der Waals surface area contributed by atoms with E-state index in [1.807, 2.05) is 0 Å². The van der Waals surface area contributed by atoms with Crippen LogP contribution in [-0.4, -0.2) is 13.1 Å². The number of hydrogen-bond acceptors (Lipinski definition) is 2. The lowest BCUT2D eigenvalue weighted by Gasteiger charge is -2.38. The van der Waals surface area contributed by atoms with E-state index < -0.39 is 0 Å². The van der Waals surface area contributed by atoms with E-state index in [2.05, 4.69) is 44.7 Å². The highest BCUT2D eigenvalue weighted by Crippen LogP contribution is 2.32. The van der Waals surface area contributed by atoms with Crippen LogP contribution in [0.5, 0.6) is 0 Å². The minimum atomic E-state index is 0.787. The molecule has 1 heterocycles. The number of rotatable bonds is 1. The van der Waals surface area contributed by atoms with E-state index >= 15 is 0 Å². The van der Waals surface area contributed by atoms with E-state index in [1.54, 1.807) is 0 Å². The van der Waals surface area contributed by atoms with Crippen LogP contribution >= 0.6 is 0 Å². The summed E-state index contributed by atoms with van der Waals surface area (Å²) in [4.78, 5) is 2.54. The fourth-order valence-electron chi connectivity index (χ4n) is 3.33. The summed E-state index contributed by atoms with van der Waals surface area (Å²) in [5.41, 5.74) is 10.8. The van der Waals surface area contributed by atoms with Crippen molar-refractivity contribution in [3.8, 4) is 0 Å². The molecule has 0 bridgehead atoms. The van der Waals surface area contributed by atoms with E-state index in [-0.39, 0.29) is 0 Å². The normalized spacial score (nSPS) is 25.1. The van der Waals surface area contributed by atoms with Crippen molar-refractivity contribution >= 4 is 11.4 Å². The standard InChI is InChI=1S/C15H24N2/c1-10-5-11(2)9-17(8-10)15-12(3)6-14(16)7-13(15)4/h6-7,10-11H,5,8-9,16H2,1-4H3. The van der Waals surface area contributed by atoms with Crippen LogP contribution in [-0.2, 0) is 0 Å². The van der Waals surface area contributed by atoms with E-state index in [9.17, 15) is 0 Å². The van der Waals surface area contributed by atoms with Gasteiger partial charge in [0.15, 0.2) is 0 Å². The highest BCUT2D eigenvalue weighted by atomic mass is 15.1. The maximum absolute atomic E-state index is 5.89. The molecule has 2 nitrogen and oxygen atoms in total. The van der Waals surface area contributed by atoms with Crippen LogP contribution in [0.25, 0.3) is 0 Å². The van der Waals surface area contributed by atoms with Gasteiger partial charge in [0.05, 0.1) is 0 Å². The van der Waals surface area contributed by atoms with Crippen molar-refractivity contribution in [2.24, 2.45) is 11.8 Å². The molecule has 2 atom stereocenters. The van der Waals surface area contributed by atoms with Gasteiger partial charge in [0.25, 0.3) is 0 Å². The molecule has 1 fully saturated rings. The van der Waals surface area contributed by atoms with Gasteiger partial charge in [0.2, 0.25) is 0 Å². The first-order chi connectivity index (χ1) is 7.97. The number of aryl methyl sites for hydroxylation is 2. The Hall–Kier alpha value is -1.18. The Kier molecular flexibility index (Phi) is 3.32. The fraction of sp³-hybridized carbons (Fsp3) is 0.600. The predicted octanol–water partition coefficient (Wildman–Crippen LogP) is 3.37. The van der Waals surface area contributed by atoms with Gasteiger partial charge in [0.1, 0.15) is 0 Å².